The number of nitrogens with one attached hydrogen (secondary N) is 1. The number of benzene rings is 2. The van der Waals surface area contributed by atoms with E-state index in [1.807, 2.05) is 31.3 Å². The van der Waals surface area contributed by atoms with Gasteiger partial charge in [-0.25, -0.2) is 4.39 Å². The molecule has 0 aliphatic rings. The molecule has 0 fully saturated rings. The van der Waals surface area contributed by atoms with Gasteiger partial charge in [0.2, 0.25) is 5.91 Å². The summed E-state index contributed by atoms with van der Waals surface area (Å²) < 4.78 is 21.4. The van der Waals surface area contributed by atoms with Crippen molar-refractivity contribution in [1.29, 1.82) is 0 Å². The molecule has 0 aliphatic carbocycles. The largest absolute Gasteiger partial charge is 0.497 e. The quantitative estimate of drug-likeness (QED) is 0.571. The molecule has 2 aromatic carbocycles. The molecule has 0 aliphatic heterocycles. The van der Waals surface area contributed by atoms with E-state index in [1.165, 1.54) is 23.9 Å². The second-order valence-electron chi connectivity index (χ2n) is 5.56. The third kappa shape index (κ3) is 4.67. The van der Waals surface area contributed by atoms with Crippen molar-refractivity contribution in [3.63, 3.8) is 0 Å². The number of anilines is 1. The number of nitrogens with zero attached hydrogens (tertiary/aromatic N) is 3. The van der Waals surface area contributed by atoms with Crippen molar-refractivity contribution >= 4 is 39.3 Å². The van der Waals surface area contributed by atoms with Crippen LogP contribution >= 0.6 is 27.7 Å². The predicted octanol–water partition coefficient (Wildman–Crippen LogP) is 4.12. The lowest BCUT2D eigenvalue weighted by molar-refractivity contribution is -0.113. The van der Waals surface area contributed by atoms with Gasteiger partial charge in [-0.1, -0.05) is 39.8 Å². The Morgan fingerprint density at radius 3 is 2.85 bits per heavy atom. The molecule has 27 heavy (non-hydrogen) atoms. The summed E-state index contributed by atoms with van der Waals surface area (Å²) in [5.74, 6) is 0.643. The third-order valence-corrected chi connectivity index (χ3v) is 5.21. The molecular formula is C18H16BrFN4O2S. The van der Waals surface area contributed by atoms with Crippen LogP contribution in [0.4, 0.5) is 10.1 Å². The van der Waals surface area contributed by atoms with Crippen LogP contribution in [0.3, 0.4) is 0 Å². The number of halogens is 2. The van der Waals surface area contributed by atoms with Crippen LogP contribution in [-0.4, -0.2) is 33.5 Å². The molecule has 3 aromatic rings. The Morgan fingerprint density at radius 1 is 1.30 bits per heavy atom. The van der Waals surface area contributed by atoms with E-state index in [9.17, 15) is 9.18 Å². The average molecular weight is 451 g/mol. The van der Waals surface area contributed by atoms with Gasteiger partial charge in [-0.15, -0.1) is 10.2 Å². The van der Waals surface area contributed by atoms with Crippen molar-refractivity contribution in [3.8, 4) is 17.1 Å². The smallest absolute Gasteiger partial charge is 0.234 e. The second kappa shape index (κ2) is 8.53. The van der Waals surface area contributed by atoms with E-state index >= 15 is 0 Å². The summed E-state index contributed by atoms with van der Waals surface area (Å²) in [6.07, 6.45) is 0. The van der Waals surface area contributed by atoms with Crippen molar-refractivity contribution in [2.24, 2.45) is 7.05 Å². The second-order valence-corrected chi connectivity index (χ2v) is 7.42. The molecule has 0 saturated carbocycles. The minimum Gasteiger partial charge on any atom is -0.497 e. The van der Waals surface area contributed by atoms with Crippen LogP contribution in [0.5, 0.6) is 5.75 Å². The molecule has 0 unspecified atom stereocenters. The van der Waals surface area contributed by atoms with Gasteiger partial charge in [0.25, 0.3) is 0 Å². The number of aromatic nitrogens is 3. The Morgan fingerprint density at radius 2 is 2.11 bits per heavy atom. The maximum Gasteiger partial charge on any atom is 0.234 e. The molecule has 0 spiro atoms. The van der Waals surface area contributed by atoms with Crippen LogP contribution in [0, 0.1) is 5.82 Å². The standard InChI is InChI=1S/C18H16BrFN4O2S/c1-24-17(11-4-3-5-13(8-11)26-2)22-23-18(24)27-10-16(25)21-15-7-6-12(19)9-14(15)20/h3-9H,10H2,1-2H3,(H,21,25). The van der Waals surface area contributed by atoms with Crippen LogP contribution in [0.1, 0.15) is 0 Å². The summed E-state index contributed by atoms with van der Waals surface area (Å²) >= 11 is 4.40. The highest BCUT2D eigenvalue weighted by atomic mass is 79.9. The van der Waals surface area contributed by atoms with Crippen LogP contribution in [-0.2, 0) is 11.8 Å². The van der Waals surface area contributed by atoms with Gasteiger partial charge in [0.15, 0.2) is 11.0 Å². The number of carbonyl (C=O) groups excluding carboxylic acids is 1. The summed E-state index contributed by atoms with van der Waals surface area (Å²) in [6, 6.07) is 12.0. The first-order valence-corrected chi connectivity index (χ1v) is 9.67. The molecule has 1 aromatic heterocycles. The minimum atomic E-state index is -0.498. The van der Waals surface area contributed by atoms with E-state index in [1.54, 1.807) is 17.7 Å². The first kappa shape index (κ1) is 19.4. The number of rotatable bonds is 6. The normalized spacial score (nSPS) is 10.7. The fourth-order valence-electron chi connectivity index (χ4n) is 2.36. The SMILES string of the molecule is COc1cccc(-c2nnc(SCC(=O)Nc3ccc(Br)cc3F)n2C)c1. The van der Waals surface area contributed by atoms with E-state index in [-0.39, 0.29) is 17.3 Å². The molecule has 0 bridgehead atoms. The van der Waals surface area contributed by atoms with Crippen LogP contribution in [0.25, 0.3) is 11.4 Å². The zero-order chi connectivity index (χ0) is 19.4. The van der Waals surface area contributed by atoms with Crippen molar-refractivity contribution in [3.05, 3.63) is 52.8 Å². The van der Waals surface area contributed by atoms with E-state index in [0.717, 1.165) is 11.3 Å². The van der Waals surface area contributed by atoms with Crippen molar-refractivity contribution < 1.29 is 13.9 Å². The Kier molecular flexibility index (Phi) is 6.12. The maximum atomic E-state index is 13.8. The van der Waals surface area contributed by atoms with E-state index < -0.39 is 5.82 Å². The van der Waals surface area contributed by atoms with Gasteiger partial charge >= 0.3 is 0 Å². The van der Waals surface area contributed by atoms with Gasteiger partial charge in [-0.3, -0.25) is 4.79 Å². The van der Waals surface area contributed by atoms with Gasteiger partial charge in [-0.2, -0.15) is 0 Å². The molecule has 3 rings (SSSR count). The molecular weight excluding hydrogens is 435 g/mol. The fraction of sp³-hybridized carbons (Fsp3) is 0.167. The van der Waals surface area contributed by atoms with Gasteiger partial charge in [-0.05, 0) is 30.3 Å². The first-order valence-electron chi connectivity index (χ1n) is 7.89. The van der Waals surface area contributed by atoms with Gasteiger partial charge in [0, 0.05) is 17.1 Å². The van der Waals surface area contributed by atoms with E-state index in [2.05, 4.69) is 31.4 Å². The third-order valence-electron chi connectivity index (χ3n) is 3.70. The lowest BCUT2D eigenvalue weighted by Gasteiger charge is -2.07. The highest BCUT2D eigenvalue weighted by molar-refractivity contribution is 9.10. The Hall–Kier alpha value is -2.39. The van der Waals surface area contributed by atoms with Crippen molar-refractivity contribution in [2.75, 3.05) is 18.2 Å². The van der Waals surface area contributed by atoms with Crippen LogP contribution in [0.2, 0.25) is 0 Å². The average Bonchev–Trinajstić information content (AvgIpc) is 3.03. The Labute approximate surface area is 168 Å². The molecule has 1 heterocycles. The summed E-state index contributed by atoms with van der Waals surface area (Å²) in [5.41, 5.74) is 0.997. The molecule has 9 heteroatoms. The summed E-state index contributed by atoms with van der Waals surface area (Å²) in [6.45, 7) is 0. The zero-order valence-electron chi connectivity index (χ0n) is 14.6. The summed E-state index contributed by atoms with van der Waals surface area (Å²) in [4.78, 5) is 12.1. The Bertz CT molecular complexity index is 980. The lowest BCUT2D eigenvalue weighted by Crippen LogP contribution is -2.15. The van der Waals surface area contributed by atoms with Gasteiger partial charge in [0.1, 0.15) is 11.6 Å². The number of hydrogen-bond donors (Lipinski definition) is 1. The highest BCUT2D eigenvalue weighted by Gasteiger charge is 2.14. The van der Waals surface area contributed by atoms with Crippen LogP contribution in [0.15, 0.2) is 52.1 Å². The maximum absolute atomic E-state index is 13.8. The number of carbonyl (C=O) groups is 1. The molecule has 0 atom stereocenters. The molecule has 1 N–H and O–H groups in total. The minimum absolute atomic E-state index is 0.0829. The van der Waals surface area contributed by atoms with Gasteiger partial charge < -0.3 is 14.6 Å². The molecule has 0 radical (unpaired) electrons. The predicted molar refractivity (Wildman–Crippen MR) is 106 cm³/mol. The lowest BCUT2D eigenvalue weighted by atomic mass is 10.2. The van der Waals surface area contributed by atoms with Crippen LogP contribution < -0.4 is 10.1 Å². The topological polar surface area (TPSA) is 69.0 Å². The number of amides is 1. The first-order chi connectivity index (χ1) is 13.0. The number of hydrogen-bond acceptors (Lipinski definition) is 5. The number of methoxy groups -OCH3 is 1. The Balaban J connectivity index is 1.66. The summed E-state index contributed by atoms with van der Waals surface area (Å²) in [5, 5.41) is 11.5. The molecule has 0 saturated heterocycles. The van der Waals surface area contributed by atoms with E-state index in [0.29, 0.717) is 15.5 Å². The number of thioether (sulfide) groups is 1. The summed E-state index contributed by atoms with van der Waals surface area (Å²) in [7, 11) is 3.42. The zero-order valence-corrected chi connectivity index (χ0v) is 17.0. The highest BCUT2D eigenvalue weighted by Crippen LogP contribution is 2.26. The van der Waals surface area contributed by atoms with Crippen molar-refractivity contribution in [1.82, 2.24) is 14.8 Å². The molecule has 6 nitrogen and oxygen atoms in total. The fourth-order valence-corrected chi connectivity index (χ4v) is 3.41. The molecule has 1 amide bonds. The van der Waals surface area contributed by atoms with Crippen molar-refractivity contribution in [2.45, 2.75) is 5.16 Å². The van der Waals surface area contributed by atoms with E-state index in [4.69, 9.17) is 4.74 Å². The number of ether oxygens (including phenoxy) is 1. The van der Waals surface area contributed by atoms with Gasteiger partial charge in [0.05, 0.1) is 18.6 Å². The molecule has 140 valence electrons. The monoisotopic (exact) mass is 450 g/mol.